The molecule has 2 heterocycles. The molecule has 0 radical (unpaired) electrons. The topological polar surface area (TPSA) is 29.5 Å². The predicted molar refractivity (Wildman–Crippen MR) is 73.5 cm³/mol. The van der Waals surface area contributed by atoms with Crippen molar-refractivity contribution < 1.29 is 9.53 Å². The smallest absolute Gasteiger partial charge is 0.225 e. The molecule has 1 aromatic carbocycles. The van der Waals surface area contributed by atoms with E-state index in [1.165, 1.54) is 5.56 Å². The molecule has 3 heteroatoms. The largest absolute Gasteiger partial charge is 0.353 e. The maximum Gasteiger partial charge on any atom is 0.225 e. The number of carbonyl (C=O) groups excluding carboxylic acids is 1. The minimum Gasteiger partial charge on any atom is -0.353 e. The van der Waals surface area contributed by atoms with Gasteiger partial charge in [-0.3, -0.25) is 4.79 Å². The van der Waals surface area contributed by atoms with Crippen LogP contribution < -0.4 is 0 Å². The first kappa shape index (κ1) is 12.7. The molecule has 3 rings (SSSR count). The van der Waals surface area contributed by atoms with Gasteiger partial charge < -0.3 is 9.64 Å². The van der Waals surface area contributed by atoms with E-state index in [1.807, 2.05) is 23.1 Å². The molecule has 0 unspecified atom stereocenters. The molecular formula is C16H21NO2. The van der Waals surface area contributed by atoms with Gasteiger partial charge in [-0.15, -0.1) is 0 Å². The second-order valence-corrected chi connectivity index (χ2v) is 5.55. The SMILES string of the molecule is CCC[C@@]12CCCC(=O)N1[C@@H](c1ccccc1)CO2. The Bertz CT molecular complexity index is 455. The first-order valence-electron chi connectivity index (χ1n) is 7.28. The number of piperidine rings is 1. The van der Waals surface area contributed by atoms with Gasteiger partial charge in [0.2, 0.25) is 5.91 Å². The lowest BCUT2D eigenvalue weighted by Gasteiger charge is -2.42. The standard InChI is InChI=1S/C16H21NO2/c1-2-10-16-11-6-9-15(18)17(16)14(12-19-16)13-7-4-3-5-8-13/h3-5,7-8,14H,2,6,9-12H2,1H3/t14-,16-/m1/s1. The van der Waals surface area contributed by atoms with Gasteiger partial charge in [0.25, 0.3) is 0 Å². The maximum atomic E-state index is 12.4. The van der Waals surface area contributed by atoms with Crippen LogP contribution in [0.4, 0.5) is 0 Å². The molecule has 2 aliphatic heterocycles. The lowest BCUT2D eigenvalue weighted by atomic mass is 9.92. The van der Waals surface area contributed by atoms with Crippen LogP contribution in [0.3, 0.4) is 0 Å². The van der Waals surface area contributed by atoms with Crippen molar-refractivity contribution in [3.05, 3.63) is 35.9 Å². The number of hydrogen-bond donors (Lipinski definition) is 0. The molecule has 0 N–H and O–H groups in total. The fourth-order valence-electron chi connectivity index (χ4n) is 3.52. The summed E-state index contributed by atoms with van der Waals surface area (Å²) in [4.78, 5) is 14.4. The highest BCUT2D eigenvalue weighted by molar-refractivity contribution is 5.78. The summed E-state index contributed by atoms with van der Waals surface area (Å²) in [6.45, 7) is 2.79. The summed E-state index contributed by atoms with van der Waals surface area (Å²) in [6.07, 6.45) is 4.60. The van der Waals surface area contributed by atoms with Crippen LogP contribution in [0, 0.1) is 0 Å². The third-order valence-electron chi connectivity index (χ3n) is 4.31. The van der Waals surface area contributed by atoms with Crippen molar-refractivity contribution in [2.75, 3.05) is 6.61 Å². The van der Waals surface area contributed by atoms with Gasteiger partial charge in [-0.25, -0.2) is 0 Å². The van der Waals surface area contributed by atoms with Crippen molar-refractivity contribution in [2.45, 2.75) is 50.8 Å². The van der Waals surface area contributed by atoms with Crippen molar-refractivity contribution in [3.63, 3.8) is 0 Å². The molecule has 1 amide bonds. The number of fused-ring (bicyclic) bond motifs is 1. The van der Waals surface area contributed by atoms with Gasteiger partial charge in [0.1, 0.15) is 5.72 Å². The van der Waals surface area contributed by atoms with Gasteiger partial charge in [0.15, 0.2) is 0 Å². The van der Waals surface area contributed by atoms with Crippen molar-refractivity contribution in [3.8, 4) is 0 Å². The van der Waals surface area contributed by atoms with E-state index in [0.29, 0.717) is 13.0 Å². The molecule has 3 nitrogen and oxygen atoms in total. The Morgan fingerprint density at radius 3 is 2.89 bits per heavy atom. The Morgan fingerprint density at radius 1 is 1.37 bits per heavy atom. The van der Waals surface area contributed by atoms with E-state index in [1.54, 1.807) is 0 Å². The van der Waals surface area contributed by atoms with Crippen LogP contribution in [0.25, 0.3) is 0 Å². The number of carbonyl (C=O) groups is 1. The summed E-state index contributed by atoms with van der Waals surface area (Å²) >= 11 is 0. The van der Waals surface area contributed by atoms with Crippen molar-refractivity contribution in [2.24, 2.45) is 0 Å². The molecule has 0 aromatic heterocycles. The van der Waals surface area contributed by atoms with Crippen molar-refractivity contribution in [1.82, 2.24) is 4.90 Å². The third kappa shape index (κ3) is 2.06. The van der Waals surface area contributed by atoms with Gasteiger partial charge >= 0.3 is 0 Å². The number of benzene rings is 1. The number of rotatable bonds is 3. The summed E-state index contributed by atoms with van der Waals surface area (Å²) in [5, 5.41) is 0. The van der Waals surface area contributed by atoms with Crippen LogP contribution >= 0.6 is 0 Å². The molecule has 19 heavy (non-hydrogen) atoms. The molecule has 1 aromatic rings. The number of amides is 1. The summed E-state index contributed by atoms with van der Waals surface area (Å²) < 4.78 is 6.13. The molecule has 2 aliphatic rings. The maximum absolute atomic E-state index is 12.4. The Balaban J connectivity index is 1.94. The van der Waals surface area contributed by atoms with Crippen LogP contribution in [0.15, 0.2) is 30.3 Å². The van der Waals surface area contributed by atoms with Gasteiger partial charge in [0.05, 0.1) is 12.6 Å². The molecule has 2 atom stereocenters. The van der Waals surface area contributed by atoms with E-state index in [2.05, 4.69) is 19.1 Å². The monoisotopic (exact) mass is 259 g/mol. The summed E-state index contributed by atoms with van der Waals surface area (Å²) in [7, 11) is 0. The second-order valence-electron chi connectivity index (χ2n) is 5.55. The number of hydrogen-bond acceptors (Lipinski definition) is 2. The molecule has 0 saturated carbocycles. The fraction of sp³-hybridized carbons (Fsp3) is 0.562. The zero-order valence-electron chi connectivity index (χ0n) is 11.5. The van der Waals surface area contributed by atoms with E-state index in [-0.39, 0.29) is 17.7 Å². The van der Waals surface area contributed by atoms with Crippen molar-refractivity contribution >= 4 is 5.91 Å². The summed E-state index contributed by atoms with van der Waals surface area (Å²) in [6, 6.07) is 10.4. The van der Waals surface area contributed by atoms with Crippen molar-refractivity contribution in [1.29, 1.82) is 0 Å². The lowest BCUT2D eigenvalue weighted by Crippen LogP contribution is -2.51. The fourth-order valence-corrected chi connectivity index (χ4v) is 3.52. The van der Waals surface area contributed by atoms with Gasteiger partial charge in [-0.05, 0) is 24.8 Å². The summed E-state index contributed by atoms with van der Waals surface area (Å²) in [5.41, 5.74) is 0.862. The van der Waals surface area contributed by atoms with Gasteiger partial charge in [0, 0.05) is 6.42 Å². The van der Waals surface area contributed by atoms with Crippen LogP contribution in [0.1, 0.15) is 50.6 Å². The molecule has 0 aliphatic carbocycles. The Morgan fingerprint density at radius 2 is 2.16 bits per heavy atom. The number of nitrogens with zero attached hydrogens (tertiary/aromatic N) is 1. The van der Waals surface area contributed by atoms with Crippen LogP contribution in [-0.2, 0) is 9.53 Å². The quantitative estimate of drug-likeness (QED) is 0.833. The second kappa shape index (κ2) is 4.97. The Kier molecular flexibility index (Phi) is 3.31. The average molecular weight is 259 g/mol. The molecular weight excluding hydrogens is 238 g/mol. The first-order chi connectivity index (χ1) is 9.27. The molecule has 102 valence electrons. The average Bonchev–Trinajstić information content (AvgIpc) is 2.81. The predicted octanol–water partition coefficient (Wildman–Crippen LogP) is 3.27. The highest BCUT2D eigenvalue weighted by Gasteiger charge is 2.51. The van der Waals surface area contributed by atoms with Crippen LogP contribution in [-0.4, -0.2) is 23.1 Å². The molecule has 2 saturated heterocycles. The zero-order chi connectivity index (χ0) is 13.3. The normalized spacial score (nSPS) is 30.5. The van der Waals surface area contributed by atoms with E-state index in [9.17, 15) is 4.79 Å². The molecule has 0 bridgehead atoms. The lowest BCUT2D eigenvalue weighted by molar-refractivity contribution is -0.162. The van der Waals surface area contributed by atoms with E-state index in [0.717, 1.165) is 25.7 Å². The van der Waals surface area contributed by atoms with Gasteiger partial charge in [-0.1, -0.05) is 43.7 Å². The van der Waals surface area contributed by atoms with Crippen LogP contribution in [0.2, 0.25) is 0 Å². The van der Waals surface area contributed by atoms with E-state index >= 15 is 0 Å². The highest BCUT2D eigenvalue weighted by atomic mass is 16.5. The third-order valence-corrected chi connectivity index (χ3v) is 4.31. The van der Waals surface area contributed by atoms with E-state index < -0.39 is 0 Å². The van der Waals surface area contributed by atoms with Crippen LogP contribution in [0.5, 0.6) is 0 Å². The van der Waals surface area contributed by atoms with E-state index in [4.69, 9.17) is 4.74 Å². The Labute approximate surface area is 114 Å². The summed E-state index contributed by atoms with van der Waals surface area (Å²) in [5.74, 6) is 0.256. The molecule has 0 spiro atoms. The Hall–Kier alpha value is -1.35. The highest BCUT2D eigenvalue weighted by Crippen LogP contribution is 2.45. The zero-order valence-corrected chi connectivity index (χ0v) is 11.5. The van der Waals surface area contributed by atoms with Gasteiger partial charge in [-0.2, -0.15) is 0 Å². The minimum absolute atomic E-state index is 0.0977. The number of ether oxygens (including phenoxy) is 1. The molecule has 2 fully saturated rings. The minimum atomic E-state index is -0.329. The first-order valence-corrected chi connectivity index (χ1v) is 7.28.